The molecule has 0 saturated carbocycles. The van der Waals surface area contributed by atoms with Gasteiger partial charge in [-0.3, -0.25) is 18.7 Å². The molecular weight excluding hydrogens is 354 g/mol. The van der Waals surface area contributed by atoms with Crippen LogP contribution in [0.5, 0.6) is 0 Å². The van der Waals surface area contributed by atoms with E-state index >= 15 is 0 Å². The lowest BCUT2D eigenvalue weighted by Gasteiger charge is -2.11. The average molecular weight is 371 g/mol. The van der Waals surface area contributed by atoms with E-state index in [1.54, 1.807) is 7.05 Å². The van der Waals surface area contributed by atoms with E-state index in [1.807, 2.05) is 30.3 Å². The molecular formula is C17H17N5O3S. The van der Waals surface area contributed by atoms with Gasteiger partial charge in [0.2, 0.25) is 5.91 Å². The number of primary amides is 1. The van der Waals surface area contributed by atoms with Crippen LogP contribution in [0.3, 0.4) is 0 Å². The molecule has 1 amide bonds. The lowest BCUT2D eigenvalue weighted by Crippen LogP contribution is -2.38. The zero-order valence-electron chi connectivity index (χ0n) is 14.3. The van der Waals surface area contributed by atoms with Crippen LogP contribution in [0.15, 0.2) is 44.9 Å². The molecule has 1 aromatic carbocycles. The summed E-state index contributed by atoms with van der Waals surface area (Å²) in [6.45, 7) is 0. The Morgan fingerprint density at radius 1 is 1.12 bits per heavy atom. The Kier molecular flexibility index (Phi) is 4.90. The van der Waals surface area contributed by atoms with Crippen LogP contribution >= 0.6 is 11.8 Å². The van der Waals surface area contributed by atoms with Crippen LogP contribution in [-0.4, -0.2) is 30.8 Å². The number of aryl methyl sites for hydroxylation is 1. The Morgan fingerprint density at radius 2 is 1.81 bits per heavy atom. The van der Waals surface area contributed by atoms with Gasteiger partial charge >= 0.3 is 5.69 Å². The van der Waals surface area contributed by atoms with Gasteiger partial charge in [0.25, 0.3) is 5.56 Å². The molecule has 134 valence electrons. The molecule has 0 aliphatic heterocycles. The maximum Gasteiger partial charge on any atom is 0.332 e. The van der Waals surface area contributed by atoms with Crippen LogP contribution in [0, 0.1) is 0 Å². The fraction of sp³-hybridized carbons (Fsp3) is 0.235. The second-order valence-corrected chi connectivity index (χ2v) is 6.73. The maximum atomic E-state index is 12.6. The highest BCUT2D eigenvalue weighted by molar-refractivity contribution is 8.00. The number of thioether (sulfide) groups is 1. The van der Waals surface area contributed by atoms with Crippen molar-refractivity contribution in [3.63, 3.8) is 0 Å². The number of aromatic nitrogens is 4. The first-order chi connectivity index (χ1) is 12.4. The molecule has 0 saturated heterocycles. The quantitative estimate of drug-likeness (QED) is 0.506. The number of hydrogen-bond acceptors (Lipinski definition) is 6. The van der Waals surface area contributed by atoms with Gasteiger partial charge in [-0.15, -0.1) is 0 Å². The van der Waals surface area contributed by atoms with Crippen LogP contribution in [0.1, 0.15) is 11.4 Å². The van der Waals surface area contributed by atoms with Gasteiger partial charge in [0.15, 0.2) is 5.65 Å². The molecule has 0 unspecified atom stereocenters. The molecule has 0 bridgehead atoms. The van der Waals surface area contributed by atoms with Crippen LogP contribution < -0.4 is 17.0 Å². The Balaban J connectivity index is 2.23. The summed E-state index contributed by atoms with van der Waals surface area (Å²) in [5.41, 5.74) is 5.49. The summed E-state index contributed by atoms with van der Waals surface area (Å²) >= 11 is 1.07. The van der Waals surface area contributed by atoms with Crippen LogP contribution in [0.2, 0.25) is 0 Å². The lowest BCUT2D eigenvalue weighted by molar-refractivity contribution is -0.115. The summed E-state index contributed by atoms with van der Waals surface area (Å²) in [6, 6.07) is 9.60. The van der Waals surface area contributed by atoms with Gasteiger partial charge in [0.1, 0.15) is 16.2 Å². The van der Waals surface area contributed by atoms with Gasteiger partial charge in [-0.25, -0.2) is 14.8 Å². The fourth-order valence-electron chi connectivity index (χ4n) is 2.57. The molecule has 0 atom stereocenters. The zero-order valence-corrected chi connectivity index (χ0v) is 15.1. The third-order valence-electron chi connectivity index (χ3n) is 3.87. The van der Waals surface area contributed by atoms with Gasteiger partial charge in [-0.05, 0) is 5.56 Å². The van der Waals surface area contributed by atoms with Crippen molar-refractivity contribution in [1.29, 1.82) is 0 Å². The van der Waals surface area contributed by atoms with Crippen molar-refractivity contribution in [3.05, 3.63) is 62.6 Å². The Labute approximate surface area is 152 Å². The predicted octanol–water partition coefficient (Wildman–Crippen LogP) is 0.195. The smallest absolute Gasteiger partial charge is 0.332 e. The second-order valence-electron chi connectivity index (χ2n) is 5.77. The highest BCUT2D eigenvalue weighted by Crippen LogP contribution is 2.22. The van der Waals surface area contributed by atoms with E-state index in [9.17, 15) is 14.4 Å². The van der Waals surface area contributed by atoms with E-state index in [4.69, 9.17) is 5.73 Å². The third kappa shape index (κ3) is 3.38. The highest BCUT2D eigenvalue weighted by Gasteiger charge is 2.18. The van der Waals surface area contributed by atoms with E-state index in [0.29, 0.717) is 17.3 Å². The lowest BCUT2D eigenvalue weighted by atomic mass is 10.1. The number of amides is 1. The Bertz CT molecular complexity index is 1110. The van der Waals surface area contributed by atoms with E-state index in [-0.39, 0.29) is 16.8 Å². The summed E-state index contributed by atoms with van der Waals surface area (Å²) in [7, 11) is 2.94. The Morgan fingerprint density at radius 3 is 2.46 bits per heavy atom. The standard InChI is InChI=1S/C17H17N5O3S/c1-21-14-13(16(24)22(2)17(21)25)15(26-9-11(18)23)20-12(19-14)8-10-6-4-3-5-7-10/h3-7H,8-9H2,1-2H3,(H2,18,23). The van der Waals surface area contributed by atoms with Gasteiger partial charge < -0.3 is 5.73 Å². The van der Waals surface area contributed by atoms with Gasteiger partial charge in [0.05, 0.1) is 5.75 Å². The molecule has 0 radical (unpaired) electrons. The number of hydrogen-bond donors (Lipinski definition) is 1. The minimum absolute atomic E-state index is 0.0249. The monoisotopic (exact) mass is 371 g/mol. The molecule has 0 spiro atoms. The molecule has 0 aliphatic carbocycles. The van der Waals surface area contributed by atoms with Gasteiger partial charge in [-0.2, -0.15) is 0 Å². The van der Waals surface area contributed by atoms with Crippen molar-refractivity contribution < 1.29 is 4.79 Å². The number of rotatable bonds is 5. The summed E-state index contributed by atoms with van der Waals surface area (Å²) in [5, 5.41) is 0.550. The average Bonchev–Trinajstić information content (AvgIpc) is 2.63. The molecule has 9 heteroatoms. The van der Waals surface area contributed by atoms with Crippen molar-refractivity contribution in [2.75, 3.05) is 5.75 Å². The van der Waals surface area contributed by atoms with E-state index < -0.39 is 17.2 Å². The second kappa shape index (κ2) is 7.12. The molecule has 8 nitrogen and oxygen atoms in total. The molecule has 26 heavy (non-hydrogen) atoms. The van der Waals surface area contributed by atoms with Crippen molar-refractivity contribution in [2.24, 2.45) is 19.8 Å². The SMILES string of the molecule is Cn1c(=O)c2c(SCC(N)=O)nc(Cc3ccccc3)nc2n(C)c1=O. The largest absolute Gasteiger partial charge is 0.369 e. The molecule has 0 aliphatic rings. The van der Waals surface area contributed by atoms with E-state index in [0.717, 1.165) is 21.9 Å². The van der Waals surface area contributed by atoms with E-state index in [1.165, 1.54) is 11.6 Å². The molecule has 2 N–H and O–H groups in total. The first-order valence-electron chi connectivity index (χ1n) is 7.80. The first-order valence-corrected chi connectivity index (χ1v) is 8.78. The van der Waals surface area contributed by atoms with Gasteiger partial charge in [0, 0.05) is 20.5 Å². The summed E-state index contributed by atoms with van der Waals surface area (Å²) in [4.78, 5) is 44.9. The predicted molar refractivity (Wildman–Crippen MR) is 99.2 cm³/mol. The van der Waals surface area contributed by atoms with E-state index in [2.05, 4.69) is 9.97 Å². The third-order valence-corrected chi connectivity index (χ3v) is 4.87. The normalized spacial score (nSPS) is 11.0. The minimum Gasteiger partial charge on any atom is -0.369 e. The number of nitrogens with zero attached hydrogens (tertiary/aromatic N) is 4. The summed E-state index contributed by atoms with van der Waals surface area (Å²) < 4.78 is 2.30. The topological polar surface area (TPSA) is 113 Å². The molecule has 2 aromatic heterocycles. The zero-order chi connectivity index (χ0) is 18.8. The van der Waals surface area contributed by atoms with Crippen LogP contribution in [0.25, 0.3) is 11.0 Å². The maximum absolute atomic E-state index is 12.6. The molecule has 3 aromatic rings. The molecule has 3 rings (SSSR count). The van der Waals surface area contributed by atoms with Crippen molar-refractivity contribution >= 4 is 28.7 Å². The number of carbonyl (C=O) groups excluding carboxylic acids is 1. The van der Waals surface area contributed by atoms with Crippen molar-refractivity contribution in [3.8, 4) is 0 Å². The minimum atomic E-state index is -0.520. The summed E-state index contributed by atoms with van der Waals surface area (Å²) in [6.07, 6.45) is 0.435. The van der Waals surface area contributed by atoms with Crippen molar-refractivity contribution in [2.45, 2.75) is 11.4 Å². The summed E-state index contributed by atoms with van der Waals surface area (Å²) in [5.74, 6) is -0.0879. The fourth-order valence-corrected chi connectivity index (χ4v) is 3.35. The first kappa shape index (κ1) is 17.9. The highest BCUT2D eigenvalue weighted by atomic mass is 32.2. The Hall–Kier alpha value is -2.94. The number of benzene rings is 1. The van der Waals surface area contributed by atoms with Gasteiger partial charge in [-0.1, -0.05) is 42.1 Å². The number of carbonyl (C=O) groups is 1. The molecule has 2 heterocycles. The van der Waals surface area contributed by atoms with Crippen LogP contribution in [-0.2, 0) is 25.3 Å². The number of nitrogens with two attached hydrogens (primary N) is 1. The molecule has 0 fully saturated rings. The van der Waals surface area contributed by atoms with Crippen LogP contribution in [0.4, 0.5) is 0 Å². The number of fused-ring (bicyclic) bond motifs is 1. The van der Waals surface area contributed by atoms with Crippen molar-refractivity contribution in [1.82, 2.24) is 19.1 Å².